The first kappa shape index (κ1) is 17.4. The molecule has 0 spiro atoms. The molecule has 0 fully saturated rings. The number of rotatable bonds is 6. The molecular weight excluding hydrogens is 250 g/mol. The Kier molecular flexibility index (Phi) is 7.83. The van der Waals surface area contributed by atoms with Gasteiger partial charge in [0.25, 0.3) is 0 Å². The first-order valence-corrected chi connectivity index (χ1v) is 6.12. The molecule has 19 heavy (non-hydrogen) atoms. The molecule has 1 atom stereocenters. The van der Waals surface area contributed by atoms with Gasteiger partial charge < -0.3 is 19.5 Å². The third-order valence-electron chi connectivity index (χ3n) is 1.80. The smallest absolute Gasteiger partial charge is 0.408 e. The van der Waals surface area contributed by atoms with Gasteiger partial charge in [-0.1, -0.05) is 6.08 Å². The van der Waals surface area contributed by atoms with E-state index in [0.717, 1.165) is 0 Å². The fraction of sp³-hybridized carbons (Fsp3) is 0.692. The molecule has 6 nitrogen and oxygen atoms in total. The van der Waals surface area contributed by atoms with Gasteiger partial charge in [-0.05, 0) is 27.7 Å². The first-order chi connectivity index (χ1) is 8.78. The van der Waals surface area contributed by atoms with Gasteiger partial charge in [-0.2, -0.15) is 0 Å². The number of carbonyl (C=O) groups excluding carboxylic acids is 2. The molecule has 0 heterocycles. The van der Waals surface area contributed by atoms with Gasteiger partial charge in [0.05, 0.1) is 19.3 Å². The van der Waals surface area contributed by atoms with E-state index in [1.807, 2.05) is 0 Å². The van der Waals surface area contributed by atoms with Crippen molar-refractivity contribution in [1.82, 2.24) is 5.32 Å². The van der Waals surface area contributed by atoms with Crippen molar-refractivity contribution in [2.24, 2.45) is 0 Å². The molecule has 0 radical (unpaired) electrons. The van der Waals surface area contributed by atoms with Crippen LogP contribution in [0.25, 0.3) is 0 Å². The van der Waals surface area contributed by atoms with Crippen LogP contribution in [-0.2, 0) is 19.0 Å². The number of nitrogens with one attached hydrogen (secondary N) is 1. The summed E-state index contributed by atoms with van der Waals surface area (Å²) in [6.45, 7) is 7.56. The molecule has 1 N–H and O–H groups in total. The second kappa shape index (κ2) is 8.53. The second-order valence-electron chi connectivity index (χ2n) is 4.82. The highest BCUT2D eigenvalue weighted by Crippen LogP contribution is 2.07. The summed E-state index contributed by atoms with van der Waals surface area (Å²) in [5, 5.41) is 2.59. The van der Waals surface area contributed by atoms with E-state index in [1.54, 1.807) is 27.7 Å². The zero-order valence-electron chi connectivity index (χ0n) is 12.2. The molecule has 0 aliphatic rings. The number of hydrogen-bond donors (Lipinski definition) is 1. The molecule has 0 saturated heterocycles. The quantitative estimate of drug-likeness (QED) is 0.588. The maximum atomic E-state index is 11.6. The Labute approximate surface area is 114 Å². The zero-order valence-corrected chi connectivity index (χ0v) is 12.2. The molecule has 0 aliphatic heterocycles. The van der Waals surface area contributed by atoms with Crippen molar-refractivity contribution in [3.63, 3.8) is 0 Å². The Hall–Kier alpha value is -1.56. The summed E-state index contributed by atoms with van der Waals surface area (Å²) in [5.74, 6) is -0.463. The predicted molar refractivity (Wildman–Crippen MR) is 70.8 cm³/mol. The molecule has 0 aromatic rings. The van der Waals surface area contributed by atoms with Crippen LogP contribution in [0.4, 0.5) is 4.79 Å². The van der Waals surface area contributed by atoms with Gasteiger partial charge in [0.15, 0.2) is 0 Å². The molecule has 0 saturated carbocycles. The van der Waals surface area contributed by atoms with Gasteiger partial charge in [-0.3, -0.25) is 0 Å². The molecule has 0 bridgehead atoms. The average molecular weight is 273 g/mol. The van der Waals surface area contributed by atoms with Gasteiger partial charge in [0, 0.05) is 13.2 Å². The highest BCUT2D eigenvalue weighted by atomic mass is 16.6. The van der Waals surface area contributed by atoms with Crippen molar-refractivity contribution < 1.29 is 23.8 Å². The van der Waals surface area contributed by atoms with Crippen LogP contribution in [0.1, 0.15) is 27.7 Å². The Morgan fingerprint density at radius 2 is 1.95 bits per heavy atom. The monoisotopic (exact) mass is 273 g/mol. The number of ether oxygens (including phenoxy) is 3. The lowest BCUT2D eigenvalue weighted by Crippen LogP contribution is -2.40. The van der Waals surface area contributed by atoms with E-state index in [1.165, 1.54) is 19.3 Å². The maximum absolute atomic E-state index is 11.6. The highest BCUT2D eigenvalue weighted by Gasteiger charge is 2.18. The fourth-order valence-corrected chi connectivity index (χ4v) is 1.17. The maximum Gasteiger partial charge on any atom is 0.408 e. The summed E-state index contributed by atoms with van der Waals surface area (Å²) in [4.78, 5) is 22.7. The van der Waals surface area contributed by atoms with E-state index in [0.29, 0.717) is 6.61 Å². The number of esters is 1. The normalized spacial score (nSPS) is 13.1. The van der Waals surface area contributed by atoms with Gasteiger partial charge in [-0.15, -0.1) is 0 Å². The van der Waals surface area contributed by atoms with E-state index in [2.05, 4.69) is 5.32 Å². The van der Waals surface area contributed by atoms with Crippen LogP contribution in [0.3, 0.4) is 0 Å². The Balaban J connectivity index is 4.40. The third kappa shape index (κ3) is 10.1. The van der Waals surface area contributed by atoms with Crippen LogP contribution in [0.15, 0.2) is 12.2 Å². The zero-order chi connectivity index (χ0) is 14.9. The van der Waals surface area contributed by atoms with E-state index >= 15 is 0 Å². The van der Waals surface area contributed by atoms with Crippen molar-refractivity contribution in [2.45, 2.75) is 39.3 Å². The standard InChI is InChI=1S/C13H23NO5/c1-6-18-11(15)8-7-10(9-17-5)14-12(16)19-13(2,3)4/h7-8,10H,6,9H2,1-5H3,(H,14,16)/b8-7+/t10-/m0/s1. The summed E-state index contributed by atoms with van der Waals surface area (Å²) in [7, 11) is 1.50. The number of alkyl carbamates (subject to hydrolysis) is 1. The minimum atomic E-state index is -0.577. The Morgan fingerprint density at radius 1 is 1.32 bits per heavy atom. The SMILES string of the molecule is CCOC(=O)/C=C/[C@@H](COC)NC(=O)OC(C)(C)C. The molecule has 110 valence electrons. The largest absolute Gasteiger partial charge is 0.463 e. The van der Waals surface area contributed by atoms with Crippen LogP contribution in [0.5, 0.6) is 0 Å². The lowest BCUT2D eigenvalue weighted by atomic mass is 10.2. The number of amides is 1. The minimum Gasteiger partial charge on any atom is -0.463 e. The topological polar surface area (TPSA) is 73.9 Å². The summed E-state index contributed by atoms with van der Waals surface area (Å²) >= 11 is 0. The van der Waals surface area contributed by atoms with Crippen LogP contribution >= 0.6 is 0 Å². The van der Waals surface area contributed by atoms with Gasteiger partial charge in [-0.25, -0.2) is 9.59 Å². The van der Waals surface area contributed by atoms with Crippen LogP contribution in [0, 0.1) is 0 Å². The Morgan fingerprint density at radius 3 is 2.42 bits per heavy atom. The summed E-state index contributed by atoms with van der Waals surface area (Å²) in [6, 6.07) is -0.454. The number of carbonyl (C=O) groups is 2. The second-order valence-corrected chi connectivity index (χ2v) is 4.82. The van der Waals surface area contributed by atoms with E-state index in [-0.39, 0.29) is 6.61 Å². The molecule has 1 amide bonds. The molecule has 0 aromatic heterocycles. The summed E-state index contributed by atoms with van der Waals surface area (Å²) in [5.41, 5.74) is -0.577. The van der Waals surface area contributed by atoms with E-state index < -0.39 is 23.7 Å². The number of methoxy groups -OCH3 is 1. The molecule has 0 rings (SSSR count). The lowest BCUT2D eigenvalue weighted by Gasteiger charge is -2.22. The average Bonchev–Trinajstić information content (AvgIpc) is 2.24. The van der Waals surface area contributed by atoms with Gasteiger partial charge in [0.2, 0.25) is 0 Å². The van der Waals surface area contributed by atoms with Gasteiger partial charge in [0.1, 0.15) is 5.60 Å². The molecule has 6 heteroatoms. The van der Waals surface area contributed by atoms with Crippen molar-refractivity contribution in [3.05, 3.63) is 12.2 Å². The third-order valence-corrected chi connectivity index (χ3v) is 1.80. The van der Waals surface area contributed by atoms with Crippen LogP contribution < -0.4 is 5.32 Å². The highest BCUT2D eigenvalue weighted by molar-refractivity contribution is 5.82. The van der Waals surface area contributed by atoms with Crippen molar-refractivity contribution in [3.8, 4) is 0 Å². The van der Waals surface area contributed by atoms with Crippen LogP contribution in [-0.4, -0.2) is 44.0 Å². The molecule has 0 unspecified atom stereocenters. The molecule has 0 aromatic carbocycles. The Bertz CT molecular complexity index is 319. The summed E-state index contributed by atoms with van der Waals surface area (Å²) < 4.78 is 14.8. The molecular formula is C13H23NO5. The van der Waals surface area contributed by atoms with Gasteiger partial charge >= 0.3 is 12.1 Å². The van der Waals surface area contributed by atoms with E-state index in [9.17, 15) is 9.59 Å². The molecule has 0 aliphatic carbocycles. The first-order valence-electron chi connectivity index (χ1n) is 6.12. The lowest BCUT2D eigenvalue weighted by molar-refractivity contribution is -0.137. The van der Waals surface area contributed by atoms with Crippen LogP contribution in [0.2, 0.25) is 0 Å². The van der Waals surface area contributed by atoms with E-state index in [4.69, 9.17) is 14.2 Å². The minimum absolute atomic E-state index is 0.231. The number of hydrogen-bond acceptors (Lipinski definition) is 5. The fourth-order valence-electron chi connectivity index (χ4n) is 1.17. The predicted octanol–water partition coefficient (Wildman–Crippen LogP) is 1.65. The van der Waals surface area contributed by atoms with Crippen molar-refractivity contribution >= 4 is 12.1 Å². The van der Waals surface area contributed by atoms with Crippen molar-refractivity contribution in [2.75, 3.05) is 20.3 Å². The van der Waals surface area contributed by atoms with Crippen molar-refractivity contribution in [1.29, 1.82) is 0 Å². The summed E-state index contributed by atoms with van der Waals surface area (Å²) in [6.07, 6.45) is 2.19.